The lowest BCUT2D eigenvalue weighted by Gasteiger charge is -2.22. The van der Waals surface area contributed by atoms with Gasteiger partial charge in [-0.05, 0) is 12.8 Å². The number of piperidine rings is 1. The monoisotopic (exact) mass is 240 g/mol. The third kappa shape index (κ3) is 5.32. The predicted octanol–water partition coefficient (Wildman–Crippen LogP) is 0.433. The molecule has 1 saturated heterocycles. The van der Waals surface area contributed by atoms with Crippen molar-refractivity contribution in [2.24, 2.45) is 0 Å². The summed E-state index contributed by atoms with van der Waals surface area (Å²) in [5.41, 5.74) is 0. The molecule has 0 bridgehead atoms. The summed E-state index contributed by atoms with van der Waals surface area (Å²) in [5.74, 6) is -0.0953. The highest BCUT2D eigenvalue weighted by atomic mass is 19.4. The number of carbonyl (C=O) groups excluding carboxylic acids is 1. The summed E-state index contributed by atoms with van der Waals surface area (Å²) in [4.78, 5) is 11.2. The molecule has 1 fully saturated rings. The van der Waals surface area contributed by atoms with Crippen LogP contribution in [0.2, 0.25) is 0 Å². The van der Waals surface area contributed by atoms with Crippen molar-refractivity contribution in [1.82, 2.24) is 10.6 Å². The molecule has 94 valence electrons. The Morgan fingerprint density at radius 2 is 2.25 bits per heavy atom. The smallest absolute Gasteiger partial charge is 0.371 e. The van der Waals surface area contributed by atoms with Gasteiger partial charge in [0.2, 0.25) is 5.91 Å². The van der Waals surface area contributed by atoms with Gasteiger partial charge in [-0.2, -0.15) is 13.2 Å². The SMILES string of the molecule is O=C1NCCCC1NCCOCC(F)(F)F. The van der Waals surface area contributed by atoms with E-state index in [9.17, 15) is 18.0 Å². The minimum absolute atomic E-state index is 0.0523. The number of carbonyl (C=O) groups is 1. The first kappa shape index (κ1) is 13.2. The minimum Gasteiger partial charge on any atom is -0.371 e. The fourth-order valence-corrected chi connectivity index (χ4v) is 1.46. The Morgan fingerprint density at radius 1 is 1.50 bits per heavy atom. The van der Waals surface area contributed by atoms with Crippen LogP contribution in [-0.4, -0.2) is 44.4 Å². The van der Waals surface area contributed by atoms with Crippen molar-refractivity contribution in [3.05, 3.63) is 0 Å². The molecule has 7 heteroatoms. The summed E-state index contributed by atoms with van der Waals surface area (Å²) in [5, 5.41) is 5.53. The average Bonchev–Trinajstić information content (AvgIpc) is 2.18. The number of hydrogen-bond donors (Lipinski definition) is 2. The Morgan fingerprint density at radius 3 is 2.88 bits per heavy atom. The first-order chi connectivity index (χ1) is 7.49. The van der Waals surface area contributed by atoms with Crippen molar-refractivity contribution in [3.8, 4) is 0 Å². The Hall–Kier alpha value is -0.820. The minimum atomic E-state index is -4.29. The van der Waals surface area contributed by atoms with Crippen LogP contribution in [0.5, 0.6) is 0 Å². The van der Waals surface area contributed by atoms with Crippen LogP contribution in [0.3, 0.4) is 0 Å². The van der Waals surface area contributed by atoms with Crippen molar-refractivity contribution in [1.29, 1.82) is 0 Å². The Bertz CT molecular complexity index is 233. The molecule has 1 aliphatic heterocycles. The third-order valence-electron chi connectivity index (χ3n) is 2.19. The fourth-order valence-electron chi connectivity index (χ4n) is 1.46. The van der Waals surface area contributed by atoms with Gasteiger partial charge in [-0.1, -0.05) is 0 Å². The Kier molecular flexibility index (Phi) is 5.01. The van der Waals surface area contributed by atoms with Crippen LogP contribution in [0.25, 0.3) is 0 Å². The molecule has 1 rings (SSSR count). The van der Waals surface area contributed by atoms with Crippen LogP contribution < -0.4 is 10.6 Å². The van der Waals surface area contributed by atoms with Gasteiger partial charge in [-0.3, -0.25) is 4.79 Å². The average molecular weight is 240 g/mol. The summed E-state index contributed by atoms with van der Waals surface area (Å²) in [6, 6.07) is -0.303. The molecule has 4 nitrogen and oxygen atoms in total. The molecular formula is C9H15F3N2O2. The third-order valence-corrected chi connectivity index (χ3v) is 2.19. The van der Waals surface area contributed by atoms with Crippen LogP contribution in [-0.2, 0) is 9.53 Å². The quantitative estimate of drug-likeness (QED) is 0.685. The fraction of sp³-hybridized carbons (Fsp3) is 0.889. The lowest BCUT2D eigenvalue weighted by Crippen LogP contribution is -2.49. The summed E-state index contributed by atoms with van der Waals surface area (Å²) in [6.45, 7) is -0.384. The van der Waals surface area contributed by atoms with Gasteiger partial charge in [-0.25, -0.2) is 0 Å². The van der Waals surface area contributed by atoms with Crippen LogP contribution in [0.4, 0.5) is 13.2 Å². The summed E-state index contributed by atoms with van der Waals surface area (Å²) in [6.07, 6.45) is -2.69. The lowest BCUT2D eigenvalue weighted by molar-refractivity contribution is -0.173. The van der Waals surface area contributed by atoms with E-state index in [0.29, 0.717) is 13.0 Å². The molecule has 1 unspecified atom stereocenters. The van der Waals surface area contributed by atoms with Crippen LogP contribution in [0.1, 0.15) is 12.8 Å². The molecule has 16 heavy (non-hydrogen) atoms. The van der Waals surface area contributed by atoms with E-state index in [1.165, 1.54) is 0 Å². The molecule has 1 atom stereocenters. The molecule has 0 saturated carbocycles. The molecular weight excluding hydrogens is 225 g/mol. The summed E-state index contributed by atoms with van der Waals surface area (Å²) in [7, 11) is 0. The normalized spacial score (nSPS) is 21.9. The number of alkyl halides is 3. The van der Waals surface area contributed by atoms with E-state index in [4.69, 9.17) is 0 Å². The van der Waals surface area contributed by atoms with E-state index in [0.717, 1.165) is 6.42 Å². The maximum atomic E-state index is 11.7. The zero-order valence-corrected chi connectivity index (χ0v) is 8.77. The zero-order chi connectivity index (χ0) is 12.0. The van der Waals surface area contributed by atoms with Crippen molar-refractivity contribution >= 4 is 5.91 Å². The van der Waals surface area contributed by atoms with Crippen molar-refractivity contribution in [3.63, 3.8) is 0 Å². The number of amides is 1. The van der Waals surface area contributed by atoms with Gasteiger partial charge in [0.05, 0.1) is 12.6 Å². The van der Waals surface area contributed by atoms with Gasteiger partial charge in [0.15, 0.2) is 0 Å². The number of nitrogens with one attached hydrogen (secondary N) is 2. The molecule has 0 aromatic heterocycles. The Balaban J connectivity index is 2.04. The highest BCUT2D eigenvalue weighted by Crippen LogP contribution is 2.14. The molecule has 1 amide bonds. The molecule has 0 aromatic carbocycles. The predicted molar refractivity (Wildman–Crippen MR) is 50.9 cm³/mol. The maximum absolute atomic E-state index is 11.7. The van der Waals surface area contributed by atoms with E-state index in [1.807, 2.05) is 0 Å². The van der Waals surface area contributed by atoms with Crippen molar-refractivity contribution in [2.45, 2.75) is 25.1 Å². The number of rotatable bonds is 5. The lowest BCUT2D eigenvalue weighted by atomic mass is 10.1. The standard InChI is InChI=1S/C9H15F3N2O2/c10-9(11,12)6-16-5-4-13-7-2-1-3-14-8(7)15/h7,13H,1-6H2,(H,14,15). The summed E-state index contributed by atoms with van der Waals surface area (Å²) >= 11 is 0. The first-order valence-corrected chi connectivity index (χ1v) is 5.14. The second kappa shape index (κ2) is 6.05. The molecule has 0 spiro atoms. The van der Waals surface area contributed by atoms with Gasteiger partial charge < -0.3 is 15.4 Å². The highest BCUT2D eigenvalue weighted by molar-refractivity contribution is 5.82. The van der Waals surface area contributed by atoms with E-state index in [2.05, 4.69) is 15.4 Å². The molecule has 1 aliphatic rings. The highest BCUT2D eigenvalue weighted by Gasteiger charge is 2.27. The molecule has 0 radical (unpaired) electrons. The largest absolute Gasteiger partial charge is 0.411 e. The van der Waals surface area contributed by atoms with Crippen molar-refractivity contribution < 1.29 is 22.7 Å². The topological polar surface area (TPSA) is 50.4 Å². The van der Waals surface area contributed by atoms with Crippen LogP contribution in [0, 0.1) is 0 Å². The second-order valence-corrected chi connectivity index (χ2v) is 3.61. The van der Waals surface area contributed by atoms with Crippen LogP contribution in [0.15, 0.2) is 0 Å². The van der Waals surface area contributed by atoms with E-state index in [1.54, 1.807) is 0 Å². The molecule has 0 aliphatic carbocycles. The van der Waals surface area contributed by atoms with Crippen molar-refractivity contribution in [2.75, 3.05) is 26.3 Å². The van der Waals surface area contributed by atoms with Crippen LogP contribution >= 0.6 is 0 Å². The van der Waals surface area contributed by atoms with Gasteiger partial charge >= 0.3 is 6.18 Å². The molecule has 2 N–H and O–H groups in total. The zero-order valence-electron chi connectivity index (χ0n) is 8.77. The van der Waals surface area contributed by atoms with Gasteiger partial charge in [-0.15, -0.1) is 0 Å². The van der Waals surface area contributed by atoms with Gasteiger partial charge in [0, 0.05) is 13.1 Å². The molecule has 1 heterocycles. The number of hydrogen-bond acceptors (Lipinski definition) is 3. The van der Waals surface area contributed by atoms with Gasteiger partial charge in [0.1, 0.15) is 6.61 Å². The van der Waals surface area contributed by atoms with Gasteiger partial charge in [0.25, 0.3) is 0 Å². The number of halogens is 3. The molecule has 0 aromatic rings. The van der Waals surface area contributed by atoms with E-state index in [-0.39, 0.29) is 25.1 Å². The van der Waals surface area contributed by atoms with E-state index >= 15 is 0 Å². The number of ether oxygens (including phenoxy) is 1. The first-order valence-electron chi connectivity index (χ1n) is 5.14. The Labute approximate surface area is 91.5 Å². The second-order valence-electron chi connectivity index (χ2n) is 3.61. The maximum Gasteiger partial charge on any atom is 0.411 e. The summed E-state index contributed by atoms with van der Waals surface area (Å²) < 4.78 is 39.5. The van der Waals surface area contributed by atoms with E-state index < -0.39 is 12.8 Å².